The minimum Gasteiger partial charge on any atom is -0.493 e. The molecule has 2 aromatic heterocycles. The van der Waals surface area contributed by atoms with Gasteiger partial charge in [0.05, 0.1) is 17.9 Å². The third-order valence-electron chi connectivity index (χ3n) is 4.93. The number of nitrogen functional groups attached to an aromatic ring is 1. The predicted molar refractivity (Wildman–Crippen MR) is 135 cm³/mol. The van der Waals surface area contributed by atoms with Gasteiger partial charge in [0, 0.05) is 21.9 Å². The number of hydrogen-bond donors (Lipinski definition) is 1. The van der Waals surface area contributed by atoms with Gasteiger partial charge >= 0.3 is 0 Å². The Morgan fingerprint density at radius 3 is 2.37 bits per heavy atom. The van der Waals surface area contributed by atoms with Gasteiger partial charge in [0.1, 0.15) is 40.6 Å². The fourth-order valence-corrected chi connectivity index (χ4v) is 4.30. The van der Waals surface area contributed by atoms with E-state index in [1.165, 1.54) is 11.8 Å². The number of thioether (sulfide) groups is 1. The molecule has 0 saturated carbocycles. The number of aromatic nitrogens is 2. The van der Waals surface area contributed by atoms with E-state index in [1.54, 1.807) is 49.1 Å². The highest BCUT2D eigenvalue weighted by Crippen LogP contribution is 2.37. The molecule has 0 fully saturated rings. The maximum Gasteiger partial charge on any atom is 0.226 e. The SMILES string of the molecule is [CH2][CH]COc1ccc(-c2c(C#N)c(N)nc(SCc3coc(-c4ccc(Cl)cc4)n3)c2C#N)cc1. The van der Waals surface area contributed by atoms with Crippen molar-refractivity contribution in [1.29, 1.82) is 10.5 Å². The Bertz CT molecular complexity index is 1420. The Kier molecular flexibility index (Phi) is 7.57. The van der Waals surface area contributed by atoms with Crippen LogP contribution in [0.5, 0.6) is 5.75 Å². The molecule has 2 aromatic carbocycles. The van der Waals surface area contributed by atoms with Crippen LogP contribution in [0.3, 0.4) is 0 Å². The first-order chi connectivity index (χ1) is 17.0. The number of nitrogens with two attached hydrogens (primary N) is 1. The third-order valence-corrected chi connectivity index (χ3v) is 6.19. The summed E-state index contributed by atoms with van der Waals surface area (Å²) in [5, 5.41) is 20.7. The number of ether oxygens (including phenoxy) is 1. The summed E-state index contributed by atoms with van der Waals surface area (Å²) in [6.07, 6.45) is 3.20. The van der Waals surface area contributed by atoms with Crippen molar-refractivity contribution in [2.45, 2.75) is 10.8 Å². The van der Waals surface area contributed by atoms with E-state index in [4.69, 9.17) is 26.5 Å². The van der Waals surface area contributed by atoms with Crippen LogP contribution in [0.4, 0.5) is 5.82 Å². The van der Waals surface area contributed by atoms with Crippen molar-refractivity contribution in [3.8, 4) is 40.5 Å². The average Bonchev–Trinajstić information content (AvgIpc) is 3.35. The standard InChI is InChI=1S/C26H18ClN5O2S/c1-2-11-33-20-9-5-16(6-10-20)23-21(12-28)24(30)32-26(22(23)13-29)35-15-19-14-34-25(31-19)17-3-7-18(27)8-4-17/h2-10,14H,1,11,15H2,(H2,30,32). The van der Waals surface area contributed by atoms with Crippen LogP contribution in [0.25, 0.3) is 22.6 Å². The fraction of sp³-hybridized carbons (Fsp3) is 0.0769. The van der Waals surface area contributed by atoms with Crippen LogP contribution in [0.2, 0.25) is 5.02 Å². The lowest BCUT2D eigenvalue weighted by Gasteiger charge is -2.13. The molecule has 35 heavy (non-hydrogen) atoms. The molecule has 0 spiro atoms. The van der Waals surface area contributed by atoms with Gasteiger partial charge in [-0.1, -0.05) is 35.5 Å². The van der Waals surface area contributed by atoms with Crippen molar-refractivity contribution in [2.24, 2.45) is 0 Å². The molecular formula is C26H18ClN5O2S. The Hall–Kier alpha value is -3.98. The molecule has 0 amide bonds. The van der Waals surface area contributed by atoms with Crippen LogP contribution in [0.15, 0.2) is 64.2 Å². The van der Waals surface area contributed by atoms with Crippen LogP contribution in [0, 0.1) is 36.0 Å². The molecule has 2 radical (unpaired) electrons. The molecule has 7 nitrogen and oxygen atoms in total. The zero-order valence-corrected chi connectivity index (χ0v) is 19.9. The fourth-order valence-electron chi connectivity index (χ4n) is 3.30. The molecule has 0 bridgehead atoms. The molecule has 0 atom stereocenters. The third kappa shape index (κ3) is 5.41. The van der Waals surface area contributed by atoms with Gasteiger partial charge in [-0.2, -0.15) is 10.5 Å². The van der Waals surface area contributed by atoms with Crippen molar-refractivity contribution in [2.75, 3.05) is 12.3 Å². The van der Waals surface area contributed by atoms with Crippen molar-refractivity contribution in [1.82, 2.24) is 9.97 Å². The summed E-state index contributed by atoms with van der Waals surface area (Å²) in [6, 6.07) is 18.5. The van der Waals surface area contributed by atoms with E-state index < -0.39 is 0 Å². The van der Waals surface area contributed by atoms with Crippen LogP contribution >= 0.6 is 23.4 Å². The summed E-state index contributed by atoms with van der Waals surface area (Å²) in [5.41, 5.74) is 9.08. The number of nitriles is 2. The smallest absolute Gasteiger partial charge is 0.226 e. The number of nitrogens with zero attached hydrogens (tertiary/aromatic N) is 4. The Morgan fingerprint density at radius 1 is 1.03 bits per heavy atom. The molecule has 0 aliphatic carbocycles. The van der Waals surface area contributed by atoms with E-state index in [2.05, 4.69) is 29.0 Å². The molecule has 4 rings (SSSR count). The lowest BCUT2D eigenvalue weighted by atomic mass is 9.97. The molecule has 0 aliphatic rings. The summed E-state index contributed by atoms with van der Waals surface area (Å²) in [4.78, 5) is 8.84. The monoisotopic (exact) mass is 499 g/mol. The summed E-state index contributed by atoms with van der Waals surface area (Å²) in [6.45, 7) is 4.00. The predicted octanol–water partition coefficient (Wildman–Crippen LogP) is 6.09. The topological polar surface area (TPSA) is 122 Å². The molecule has 0 saturated heterocycles. The van der Waals surface area contributed by atoms with Crippen LogP contribution in [-0.2, 0) is 5.75 Å². The molecule has 2 heterocycles. The highest BCUT2D eigenvalue weighted by atomic mass is 35.5. The Balaban J connectivity index is 1.63. The summed E-state index contributed by atoms with van der Waals surface area (Å²) < 4.78 is 11.1. The van der Waals surface area contributed by atoms with Gasteiger partial charge in [-0.25, -0.2) is 9.97 Å². The second-order valence-electron chi connectivity index (χ2n) is 7.21. The molecular weight excluding hydrogens is 482 g/mol. The van der Waals surface area contributed by atoms with Gasteiger partial charge in [0.2, 0.25) is 5.89 Å². The number of halogens is 1. The molecule has 0 unspecified atom stereocenters. The first-order valence-electron chi connectivity index (χ1n) is 10.3. The lowest BCUT2D eigenvalue weighted by molar-refractivity contribution is 0.353. The van der Waals surface area contributed by atoms with E-state index in [0.717, 1.165) is 5.56 Å². The number of benzene rings is 2. The minimum atomic E-state index is 0.0537. The molecule has 4 aromatic rings. The summed E-state index contributed by atoms with van der Waals surface area (Å²) in [5.74, 6) is 1.55. The Labute approximate surface area is 212 Å². The van der Waals surface area contributed by atoms with Crippen LogP contribution in [0.1, 0.15) is 16.8 Å². The number of rotatable bonds is 8. The van der Waals surface area contributed by atoms with Gasteiger partial charge in [0.15, 0.2) is 0 Å². The van der Waals surface area contributed by atoms with Gasteiger partial charge < -0.3 is 14.9 Å². The number of anilines is 1. The number of pyridine rings is 1. The molecule has 9 heteroatoms. The minimum absolute atomic E-state index is 0.0537. The maximum absolute atomic E-state index is 9.98. The molecule has 2 N–H and O–H groups in total. The molecule has 0 aliphatic heterocycles. The van der Waals surface area contributed by atoms with E-state index in [-0.39, 0.29) is 16.9 Å². The van der Waals surface area contributed by atoms with Gasteiger partial charge in [-0.05, 0) is 55.3 Å². The van der Waals surface area contributed by atoms with Crippen LogP contribution < -0.4 is 10.5 Å². The van der Waals surface area contributed by atoms with Gasteiger partial charge in [-0.15, -0.1) is 0 Å². The Morgan fingerprint density at radius 2 is 1.71 bits per heavy atom. The zero-order valence-electron chi connectivity index (χ0n) is 18.4. The zero-order chi connectivity index (χ0) is 24.8. The van der Waals surface area contributed by atoms with E-state index in [1.807, 2.05) is 12.1 Å². The lowest BCUT2D eigenvalue weighted by Crippen LogP contribution is -2.03. The largest absolute Gasteiger partial charge is 0.493 e. The first-order valence-corrected chi connectivity index (χ1v) is 11.7. The number of oxazole rings is 1. The van der Waals surface area contributed by atoms with Gasteiger partial charge in [-0.3, -0.25) is 0 Å². The van der Waals surface area contributed by atoms with E-state index in [0.29, 0.717) is 50.9 Å². The normalized spacial score (nSPS) is 10.5. The highest BCUT2D eigenvalue weighted by Gasteiger charge is 2.21. The van der Waals surface area contributed by atoms with Crippen molar-refractivity contribution < 1.29 is 9.15 Å². The maximum atomic E-state index is 9.98. The molecule has 172 valence electrons. The quantitative estimate of drug-likeness (QED) is 0.289. The van der Waals surface area contributed by atoms with Crippen molar-refractivity contribution in [3.63, 3.8) is 0 Å². The second-order valence-corrected chi connectivity index (χ2v) is 8.61. The average molecular weight is 500 g/mol. The summed E-state index contributed by atoms with van der Waals surface area (Å²) >= 11 is 7.23. The number of hydrogen-bond acceptors (Lipinski definition) is 8. The second kappa shape index (κ2) is 11.0. The van der Waals surface area contributed by atoms with Crippen molar-refractivity contribution >= 4 is 29.2 Å². The highest BCUT2D eigenvalue weighted by molar-refractivity contribution is 7.98. The van der Waals surface area contributed by atoms with E-state index >= 15 is 0 Å². The van der Waals surface area contributed by atoms with Crippen LogP contribution in [-0.4, -0.2) is 16.6 Å². The first kappa shape index (κ1) is 24.2. The van der Waals surface area contributed by atoms with E-state index in [9.17, 15) is 10.5 Å². The summed E-state index contributed by atoms with van der Waals surface area (Å²) in [7, 11) is 0. The van der Waals surface area contributed by atoms with Crippen molar-refractivity contribution in [3.05, 3.63) is 90.0 Å². The van der Waals surface area contributed by atoms with Gasteiger partial charge in [0.25, 0.3) is 0 Å².